The van der Waals surface area contributed by atoms with E-state index < -0.39 is 15.3 Å². The second-order valence-corrected chi connectivity index (χ2v) is 13.7. The number of halogens is 2. The molecule has 0 spiro atoms. The van der Waals surface area contributed by atoms with Crippen LogP contribution in [0.15, 0.2) is 48.5 Å². The molecule has 0 unspecified atom stereocenters. The van der Waals surface area contributed by atoms with Crippen molar-refractivity contribution in [2.75, 3.05) is 0 Å². The van der Waals surface area contributed by atoms with Crippen LogP contribution in [-0.4, -0.2) is 4.31 Å². The molecule has 0 aliphatic rings. The first-order valence-electron chi connectivity index (χ1n) is 9.87. The molecule has 4 aromatic carbocycles. The summed E-state index contributed by atoms with van der Waals surface area (Å²) in [5.74, 6) is 0. The Balaban J connectivity index is 0.000000170. The normalized spacial score (nSPS) is 10.2. The van der Waals surface area contributed by atoms with E-state index in [9.17, 15) is 0 Å². The van der Waals surface area contributed by atoms with Crippen LogP contribution in [0.5, 0.6) is 0 Å². The van der Waals surface area contributed by atoms with Crippen LogP contribution in [-0.2, 0) is 15.3 Å². The van der Waals surface area contributed by atoms with Crippen molar-refractivity contribution in [3.8, 4) is 0 Å². The van der Waals surface area contributed by atoms with Gasteiger partial charge in [0.2, 0.25) is 0 Å². The summed E-state index contributed by atoms with van der Waals surface area (Å²) in [6.07, 6.45) is 0. The maximum Gasteiger partial charge on any atom is -0.0488 e. The van der Waals surface area contributed by atoms with Crippen molar-refractivity contribution in [2.24, 2.45) is 0 Å². The third-order valence-electron chi connectivity index (χ3n) is 5.15. The summed E-state index contributed by atoms with van der Waals surface area (Å²) in [6, 6.07) is 17.8. The van der Waals surface area contributed by atoms with Gasteiger partial charge in [-0.25, -0.2) is 0 Å². The van der Waals surface area contributed by atoms with Crippen LogP contribution in [0.3, 0.4) is 0 Å². The fourth-order valence-corrected chi connectivity index (χ4v) is 3.47. The number of rotatable bonds is 0. The zero-order chi connectivity index (χ0) is 21.7. The van der Waals surface area contributed by atoms with Gasteiger partial charge in [0.15, 0.2) is 0 Å². The first-order chi connectivity index (χ1) is 13.6. The van der Waals surface area contributed by atoms with Crippen molar-refractivity contribution < 1.29 is 15.3 Å². The minimum absolute atomic E-state index is 1.36. The summed E-state index contributed by atoms with van der Waals surface area (Å²) in [7, 11) is 10.7. The molecule has 0 radical (unpaired) electrons. The van der Waals surface area contributed by atoms with Crippen LogP contribution in [0, 0.1) is 41.5 Å². The van der Waals surface area contributed by atoms with E-state index >= 15 is 0 Å². The van der Waals surface area contributed by atoms with Gasteiger partial charge in [0, 0.05) is 0 Å². The minimum Gasteiger partial charge on any atom is -0.165 e. The Bertz CT molecular complexity index is 977. The van der Waals surface area contributed by atoms with E-state index in [4.69, 9.17) is 18.6 Å². The smallest absolute Gasteiger partial charge is 0.0488 e. The molecule has 0 atom stereocenters. The maximum absolute atomic E-state index is 5.34. The number of benzene rings is 2. The molecule has 0 nitrogen and oxygen atoms in total. The Hall–Kier alpha value is -1.18. The van der Waals surface area contributed by atoms with Gasteiger partial charge < -0.3 is 0 Å². The first-order valence-corrected chi connectivity index (χ1v) is 15.1. The van der Waals surface area contributed by atoms with Crippen LogP contribution in [0.25, 0.3) is 21.5 Å². The van der Waals surface area contributed by atoms with Crippen LogP contribution >= 0.6 is 18.6 Å². The van der Waals surface area contributed by atoms with Gasteiger partial charge in [0.25, 0.3) is 0 Å². The van der Waals surface area contributed by atoms with E-state index in [2.05, 4.69) is 90.1 Å². The molecule has 0 heterocycles. The molecule has 0 bridgehead atoms. The number of fused-ring (bicyclic) bond motifs is 2. The average molecular weight is 461 g/mol. The van der Waals surface area contributed by atoms with E-state index in [1.807, 2.05) is 11.2 Å². The summed E-state index contributed by atoms with van der Waals surface area (Å²) >= 11 is -1.54. The molecule has 0 N–H and O–H groups in total. The maximum atomic E-state index is 5.34. The second-order valence-electron chi connectivity index (χ2n) is 7.70. The summed E-state index contributed by atoms with van der Waals surface area (Å²) in [4.78, 5) is 0. The van der Waals surface area contributed by atoms with Gasteiger partial charge in [-0.2, -0.15) is 12.1 Å². The minimum atomic E-state index is -1.54. The summed E-state index contributed by atoms with van der Waals surface area (Å²) in [5, 5.41) is 5.64. The summed E-state index contributed by atoms with van der Waals surface area (Å²) < 4.78 is 1.86. The van der Waals surface area contributed by atoms with Gasteiger partial charge in [0.1, 0.15) is 0 Å². The predicted molar refractivity (Wildman–Crippen MR) is 131 cm³/mol. The van der Waals surface area contributed by atoms with Gasteiger partial charge in [-0.1, -0.05) is 51.0 Å². The van der Waals surface area contributed by atoms with Gasteiger partial charge in [0.05, 0.1) is 0 Å². The molecule has 4 aromatic rings. The van der Waals surface area contributed by atoms with Crippen LogP contribution in [0.1, 0.15) is 40.3 Å². The van der Waals surface area contributed by atoms with E-state index in [0.29, 0.717) is 0 Å². The monoisotopic (exact) mass is 460 g/mol. The number of hydrogen-bond acceptors (Lipinski definition) is 0. The number of aryl methyl sites for hydroxylation is 6. The molecule has 0 fully saturated rings. The summed E-state index contributed by atoms with van der Waals surface area (Å²) in [6.45, 7) is 14.9. The number of hydrogen-bond donors (Lipinski definition) is 0. The SMILES string of the molecule is C[CH]=[Ti]([Cl])[Cl].Cc1cc2c(C)ccc(C)c2[cH-]1.Cc1cc2c(C)ccc(C)c2[cH-]1. The van der Waals surface area contributed by atoms with E-state index in [0.717, 1.165) is 0 Å². The zero-order valence-electron chi connectivity index (χ0n) is 18.5. The summed E-state index contributed by atoms with van der Waals surface area (Å²) in [5.41, 5.74) is 8.24. The zero-order valence-corrected chi connectivity index (χ0v) is 21.5. The van der Waals surface area contributed by atoms with Gasteiger partial charge in [-0.3, -0.25) is 0 Å². The topological polar surface area (TPSA) is 0 Å². The molecule has 0 saturated heterocycles. The molecule has 0 aliphatic carbocycles. The standard InChI is InChI=1S/2C12H13.C2H4.2ClH.Ti/c2*1-8-6-11-9(2)4-5-10(3)12(11)7-8;1-2;;;/h2*4-7H,1-3H3;1H,2H3;2*1H;/q2*-1;;;;+2/p-2. The van der Waals surface area contributed by atoms with Crippen LogP contribution in [0.4, 0.5) is 0 Å². The molecule has 29 heavy (non-hydrogen) atoms. The molecule has 0 saturated carbocycles. The van der Waals surface area contributed by atoms with Gasteiger partial charge in [-0.15, -0.1) is 68.1 Å². The quantitative estimate of drug-likeness (QED) is 0.182. The van der Waals surface area contributed by atoms with E-state index in [1.54, 1.807) is 0 Å². The molecule has 0 aliphatic heterocycles. The second kappa shape index (κ2) is 10.7. The third-order valence-corrected chi connectivity index (χ3v) is 7.63. The Kier molecular flexibility index (Phi) is 8.92. The van der Waals surface area contributed by atoms with E-state index in [-0.39, 0.29) is 0 Å². The largest absolute Gasteiger partial charge is 0.165 e. The van der Waals surface area contributed by atoms with Crippen molar-refractivity contribution in [1.82, 2.24) is 0 Å². The molecule has 0 amide bonds. The Labute approximate surface area is 189 Å². The Morgan fingerprint density at radius 3 is 1.24 bits per heavy atom. The molecular formula is C26H30Cl2Ti-2. The molecule has 154 valence electrons. The van der Waals surface area contributed by atoms with Crippen LogP contribution < -0.4 is 0 Å². The Morgan fingerprint density at radius 1 is 0.655 bits per heavy atom. The predicted octanol–water partition coefficient (Wildman–Crippen LogP) is 8.70. The van der Waals surface area contributed by atoms with Gasteiger partial charge in [-0.05, 0) is 13.8 Å². The van der Waals surface area contributed by atoms with Crippen molar-refractivity contribution >= 4 is 44.5 Å². The van der Waals surface area contributed by atoms with Crippen molar-refractivity contribution in [3.05, 3.63) is 81.9 Å². The van der Waals surface area contributed by atoms with Crippen molar-refractivity contribution in [2.45, 2.75) is 48.5 Å². The van der Waals surface area contributed by atoms with Crippen LogP contribution in [0.2, 0.25) is 0 Å². The molecule has 3 heteroatoms. The molecule has 0 aromatic heterocycles. The third kappa shape index (κ3) is 6.40. The van der Waals surface area contributed by atoms with Crippen molar-refractivity contribution in [1.29, 1.82) is 0 Å². The van der Waals surface area contributed by atoms with Crippen molar-refractivity contribution in [3.63, 3.8) is 0 Å². The molecule has 4 rings (SSSR count). The Morgan fingerprint density at radius 2 is 0.966 bits per heavy atom. The van der Waals surface area contributed by atoms with Gasteiger partial charge >= 0.3 is 45.1 Å². The average Bonchev–Trinajstić information content (AvgIpc) is 3.27. The fraction of sp³-hybridized carbons (Fsp3) is 0.269. The molecular weight excluding hydrogens is 431 g/mol. The van der Waals surface area contributed by atoms with E-state index in [1.165, 1.54) is 54.9 Å². The fourth-order valence-electron chi connectivity index (χ4n) is 3.47. The first kappa shape index (κ1) is 24.1.